The van der Waals surface area contributed by atoms with Crippen molar-refractivity contribution in [3.8, 4) is 11.5 Å². The summed E-state index contributed by atoms with van der Waals surface area (Å²) >= 11 is 6.36. The number of hydrogen-bond donors (Lipinski definition) is 2. The van der Waals surface area contributed by atoms with Crippen LogP contribution in [0.3, 0.4) is 0 Å². The molecule has 0 aliphatic carbocycles. The maximum absolute atomic E-state index is 13.2. The SMILES string of the molecule is CCCC(C(C(=O)O)C(=O)O)N1C(=O)C(=Cc2ccc(OCC)c(C)c2OCC)SC1=S. The van der Waals surface area contributed by atoms with Crippen LogP contribution in [0.2, 0.25) is 0 Å². The summed E-state index contributed by atoms with van der Waals surface area (Å²) in [6, 6.07) is 2.48. The zero-order valence-corrected chi connectivity index (χ0v) is 20.0. The fraction of sp³-hybridized carbons (Fsp3) is 0.455. The van der Waals surface area contributed by atoms with E-state index in [2.05, 4.69) is 0 Å². The van der Waals surface area contributed by atoms with Gasteiger partial charge >= 0.3 is 11.9 Å². The van der Waals surface area contributed by atoms with Crippen LogP contribution in [0.25, 0.3) is 6.08 Å². The molecule has 1 unspecified atom stereocenters. The van der Waals surface area contributed by atoms with Gasteiger partial charge < -0.3 is 19.7 Å². The fourth-order valence-corrected chi connectivity index (χ4v) is 4.90. The molecule has 2 N–H and O–H groups in total. The first-order chi connectivity index (χ1) is 15.2. The molecule has 1 aliphatic heterocycles. The Morgan fingerprint density at radius 1 is 1.16 bits per heavy atom. The smallest absolute Gasteiger partial charge is 0.320 e. The molecule has 1 aliphatic rings. The van der Waals surface area contributed by atoms with E-state index < -0.39 is 29.8 Å². The highest BCUT2D eigenvalue weighted by Gasteiger charge is 2.45. The largest absolute Gasteiger partial charge is 0.493 e. The van der Waals surface area contributed by atoms with Gasteiger partial charge in [-0.2, -0.15) is 0 Å². The number of nitrogens with zero attached hydrogens (tertiary/aromatic N) is 1. The summed E-state index contributed by atoms with van der Waals surface area (Å²) in [6.07, 6.45) is 2.31. The maximum atomic E-state index is 13.2. The molecule has 0 bridgehead atoms. The molecular weight excluding hydrogens is 454 g/mol. The van der Waals surface area contributed by atoms with E-state index in [1.165, 1.54) is 0 Å². The summed E-state index contributed by atoms with van der Waals surface area (Å²) in [5.41, 5.74) is 1.44. The highest BCUT2D eigenvalue weighted by molar-refractivity contribution is 8.26. The molecule has 10 heteroatoms. The second-order valence-electron chi connectivity index (χ2n) is 7.03. The van der Waals surface area contributed by atoms with Crippen molar-refractivity contribution in [3.05, 3.63) is 28.2 Å². The van der Waals surface area contributed by atoms with E-state index in [1.807, 2.05) is 20.8 Å². The predicted octanol–water partition coefficient (Wildman–Crippen LogP) is 3.95. The molecule has 1 heterocycles. The number of ether oxygens (including phenoxy) is 2. The number of carboxylic acid groups (broad SMARTS) is 2. The minimum atomic E-state index is -1.77. The summed E-state index contributed by atoms with van der Waals surface area (Å²) in [7, 11) is 0. The van der Waals surface area contributed by atoms with Crippen LogP contribution >= 0.6 is 24.0 Å². The number of carbonyl (C=O) groups is 3. The molecule has 1 atom stereocenters. The standard InChI is InChI=1S/C22H27NO7S2/c1-5-8-14(17(20(25)26)21(27)28)23-19(24)16(32-22(23)31)11-13-9-10-15(29-6-2)12(4)18(13)30-7-3/h9-11,14,17H,5-8H2,1-4H3,(H,25,26)(H,27,28). The van der Waals surface area contributed by atoms with Crippen molar-refractivity contribution in [2.24, 2.45) is 5.92 Å². The van der Waals surface area contributed by atoms with Crippen LogP contribution < -0.4 is 9.47 Å². The van der Waals surface area contributed by atoms with Gasteiger partial charge in [0.15, 0.2) is 5.92 Å². The molecule has 1 amide bonds. The summed E-state index contributed by atoms with van der Waals surface area (Å²) in [6.45, 7) is 8.29. The minimum absolute atomic E-state index is 0.132. The van der Waals surface area contributed by atoms with Crippen LogP contribution in [0.1, 0.15) is 44.7 Å². The van der Waals surface area contributed by atoms with Crippen molar-refractivity contribution in [1.82, 2.24) is 4.90 Å². The lowest BCUT2D eigenvalue weighted by atomic mass is 9.94. The highest BCUT2D eigenvalue weighted by atomic mass is 32.2. The van der Waals surface area contributed by atoms with Gasteiger partial charge in [0.05, 0.1) is 24.2 Å². The van der Waals surface area contributed by atoms with Crippen LogP contribution in [-0.2, 0) is 14.4 Å². The van der Waals surface area contributed by atoms with Gasteiger partial charge in [-0.1, -0.05) is 37.3 Å². The number of amides is 1. The molecule has 0 saturated carbocycles. The third-order valence-electron chi connectivity index (χ3n) is 4.92. The van der Waals surface area contributed by atoms with Crippen LogP contribution in [-0.4, -0.2) is 56.5 Å². The Labute approximate surface area is 196 Å². The lowest BCUT2D eigenvalue weighted by Gasteiger charge is -2.29. The first-order valence-electron chi connectivity index (χ1n) is 10.3. The number of carboxylic acids is 2. The number of thioether (sulfide) groups is 1. The van der Waals surface area contributed by atoms with Gasteiger partial charge in [-0.15, -0.1) is 0 Å². The summed E-state index contributed by atoms with van der Waals surface area (Å²) in [5.74, 6) is -4.05. The van der Waals surface area contributed by atoms with Crippen LogP contribution in [0.4, 0.5) is 0 Å². The highest BCUT2D eigenvalue weighted by Crippen LogP contribution is 2.39. The maximum Gasteiger partial charge on any atom is 0.320 e. The fourth-order valence-electron chi connectivity index (χ4n) is 3.54. The third-order valence-corrected chi connectivity index (χ3v) is 6.25. The Bertz CT molecular complexity index is 930. The summed E-state index contributed by atoms with van der Waals surface area (Å²) in [4.78, 5) is 37.9. The zero-order valence-electron chi connectivity index (χ0n) is 18.4. The van der Waals surface area contributed by atoms with E-state index in [0.29, 0.717) is 36.7 Å². The number of benzene rings is 1. The zero-order chi connectivity index (χ0) is 24.0. The van der Waals surface area contributed by atoms with Gasteiger partial charge in [0.25, 0.3) is 5.91 Å². The molecule has 1 fully saturated rings. The van der Waals surface area contributed by atoms with E-state index >= 15 is 0 Å². The van der Waals surface area contributed by atoms with Crippen molar-refractivity contribution in [1.29, 1.82) is 0 Å². The molecule has 1 aromatic carbocycles. The van der Waals surface area contributed by atoms with Crippen molar-refractivity contribution in [3.63, 3.8) is 0 Å². The molecule has 0 radical (unpaired) electrons. The van der Waals surface area contributed by atoms with E-state index in [0.717, 1.165) is 22.2 Å². The van der Waals surface area contributed by atoms with Gasteiger partial charge in [0, 0.05) is 11.1 Å². The monoisotopic (exact) mass is 481 g/mol. The van der Waals surface area contributed by atoms with Crippen molar-refractivity contribution >= 4 is 52.2 Å². The van der Waals surface area contributed by atoms with Gasteiger partial charge in [0.1, 0.15) is 15.8 Å². The Morgan fingerprint density at radius 3 is 2.31 bits per heavy atom. The van der Waals surface area contributed by atoms with E-state index in [1.54, 1.807) is 25.1 Å². The quantitative estimate of drug-likeness (QED) is 0.275. The Morgan fingerprint density at radius 2 is 1.78 bits per heavy atom. The molecule has 174 valence electrons. The number of hydrogen-bond acceptors (Lipinski definition) is 7. The Balaban J connectivity index is 2.49. The van der Waals surface area contributed by atoms with Gasteiger partial charge in [-0.25, -0.2) is 0 Å². The third kappa shape index (κ3) is 5.42. The number of rotatable bonds is 11. The first-order valence-corrected chi connectivity index (χ1v) is 11.5. The Hall–Kier alpha value is -2.59. The number of carbonyl (C=O) groups excluding carboxylic acids is 1. The molecule has 8 nitrogen and oxygen atoms in total. The lowest BCUT2D eigenvalue weighted by Crippen LogP contribution is -2.48. The van der Waals surface area contributed by atoms with E-state index in [4.69, 9.17) is 21.7 Å². The average molecular weight is 482 g/mol. The summed E-state index contributed by atoms with van der Waals surface area (Å²) < 4.78 is 11.5. The molecular formula is C22H27NO7S2. The van der Waals surface area contributed by atoms with Gasteiger partial charge in [-0.3, -0.25) is 19.3 Å². The van der Waals surface area contributed by atoms with E-state index in [9.17, 15) is 24.6 Å². The molecule has 0 spiro atoms. The van der Waals surface area contributed by atoms with Crippen molar-refractivity contribution < 1.29 is 34.1 Å². The topological polar surface area (TPSA) is 113 Å². The van der Waals surface area contributed by atoms with Gasteiger partial charge in [0.2, 0.25) is 0 Å². The number of aliphatic carboxylic acids is 2. The van der Waals surface area contributed by atoms with Crippen LogP contribution in [0, 0.1) is 12.8 Å². The van der Waals surface area contributed by atoms with Crippen LogP contribution in [0.5, 0.6) is 11.5 Å². The normalized spacial score (nSPS) is 16.0. The average Bonchev–Trinajstić information content (AvgIpc) is 2.99. The lowest BCUT2D eigenvalue weighted by molar-refractivity contribution is -0.157. The number of thiocarbonyl (C=S) groups is 1. The van der Waals surface area contributed by atoms with E-state index in [-0.39, 0.29) is 15.6 Å². The summed E-state index contributed by atoms with van der Waals surface area (Å²) in [5, 5.41) is 18.9. The minimum Gasteiger partial charge on any atom is -0.493 e. The van der Waals surface area contributed by atoms with Crippen LogP contribution in [0.15, 0.2) is 17.0 Å². The molecule has 1 saturated heterocycles. The molecule has 0 aromatic heterocycles. The Kier molecular flexibility index (Phi) is 9.09. The van der Waals surface area contributed by atoms with Crippen molar-refractivity contribution in [2.75, 3.05) is 13.2 Å². The molecule has 1 aromatic rings. The predicted molar refractivity (Wildman–Crippen MR) is 126 cm³/mol. The van der Waals surface area contributed by atoms with Crippen molar-refractivity contribution in [2.45, 2.75) is 46.6 Å². The second-order valence-corrected chi connectivity index (χ2v) is 8.71. The second kappa shape index (κ2) is 11.3. The molecule has 2 rings (SSSR count). The van der Waals surface area contributed by atoms with Gasteiger partial charge in [-0.05, 0) is 45.4 Å². The first kappa shape index (κ1) is 25.7. The molecule has 32 heavy (non-hydrogen) atoms.